The van der Waals surface area contributed by atoms with Crippen LogP contribution in [0.4, 0.5) is 0 Å². The molecule has 0 spiro atoms. The molecule has 0 unspecified atom stereocenters. The lowest BCUT2D eigenvalue weighted by atomic mass is 10.1. The molecule has 1 heterocycles. The Kier molecular flexibility index (Phi) is 11.0. The van der Waals surface area contributed by atoms with Gasteiger partial charge in [-0.05, 0) is 37.1 Å². The Morgan fingerprint density at radius 3 is 2.74 bits per heavy atom. The van der Waals surface area contributed by atoms with Crippen molar-refractivity contribution in [2.75, 3.05) is 33.9 Å². The van der Waals surface area contributed by atoms with Gasteiger partial charge in [0.2, 0.25) is 0 Å². The molecule has 3 aromatic rings. The first-order chi connectivity index (χ1) is 14.7. The van der Waals surface area contributed by atoms with Crippen LogP contribution >= 0.6 is 35.3 Å². The fraction of sp³-hybridized carbons (Fsp3) is 0.391. The second-order valence-electron chi connectivity index (χ2n) is 6.98. The molecule has 2 aromatic carbocycles. The molecule has 0 saturated carbocycles. The number of thiazole rings is 1. The van der Waals surface area contributed by atoms with Crippen LogP contribution < -0.4 is 15.4 Å². The number of aromatic nitrogens is 1. The first-order valence-corrected chi connectivity index (χ1v) is 11.0. The Morgan fingerprint density at radius 2 is 1.97 bits per heavy atom. The van der Waals surface area contributed by atoms with Crippen molar-refractivity contribution in [2.24, 2.45) is 4.99 Å². The van der Waals surface area contributed by atoms with Crippen molar-refractivity contribution >= 4 is 51.5 Å². The number of nitrogens with zero attached hydrogens (tertiary/aromatic N) is 2. The first-order valence-electron chi connectivity index (χ1n) is 10.2. The number of nitrogens with one attached hydrogen (secondary N) is 2. The van der Waals surface area contributed by atoms with Gasteiger partial charge in [0.15, 0.2) is 5.96 Å². The summed E-state index contributed by atoms with van der Waals surface area (Å²) >= 11 is 1.77. The van der Waals surface area contributed by atoms with E-state index < -0.39 is 0 Å². The number of halogens is 1. The number of aryl methyl sites for hydroxylation is 2. The molecule has 6 nitrogen and oxygen atoms in total. The van der Waals surface area contributed by atoms with E-state index in [-0.39, 0.29) is 24.0 Å². The molecule has 0 aliphatic rings. The van der Waals surface area contributed by atoms with E-state index in [0.29, 0.717) is 19.8 Å². The van der Waals surface area contributed by atoms with Gasteiger partial charge in [-0.2, -0.15) is 0 Å². The van der Waals surface area contributed by atoms with E-state index in [4.69, 9.17) is 14.5 Å². The lowest BCUT2D eigenvalue weighted by Crippen LogP contribution is -2.37. The maximum Gasteiger partial charge on any atom is 0.191 e. The highest BCUT2D eigenvalue weighted by Gasteiger charge is 2.07. The average molecular weight is 554 g/mol. The van der Waals surface area contributed by atoms with Gasteiger partial charge in [-0.25, -0.2) is 4.98 Å². The molecule has 0 radical (unpaired) electrons. The van der Waals surface area contributed by atoms with E-state index in [9.17, 15) is 0 Å². The summed E-state index contributed by atoms with van der Waals surface area (Å²) < 4.78 is 12.2. The number of rotatable bonds is 10. The smallest absolute Gasteiger partial charge is 0.191 e. The Balaban J connectivity index is 0.00000341. The largest absolute Gasteiger partial charge is 0.491 e. The molecule has 1 aromatic heterocycles. The number of ether oxygens (including phenoxy) is 2. The number of hydrogen-bond acceptors (Lipinski definition) is 5. The van der Waals surface area contributed by atoms with E-state index in [1.54, 1.807) is 25.5 Å². The predicted molar refractivity (Wildman–Crippen MR) is 140 cm³/mol. The molecule has 0 saturated heterocycles. The van der Waals surface area contributed by atoms with E-state index in [1.807, 2.05) is 6.07 Å². The zero-order valence-electron chi connectivity index (χ0n) is 18.3. The third-order valence-electron chi connectivity index (χ3n) is 4.64. The SMILES string of the molecule is CN=C(NCCCc1nc2ccccc2s1)NCc1ccc(C)cc1OCCOC.I. The van der Waals surface area contributed by atoms with Crippen molar-refractivity contribution in [3.63, 3.8) is 0 Å². The Hall–Kier alpha value is -1.91. The minimum atomic E-state index is 0. The number of fused-ring (bicyclic) bond motifs is 1. The van der Waals surface area contributed by atoms with Crippen LogP contribution in [0.3, 0.4) is 0 Å². The topological polar surface area (TPSA) is 67.8 Å². The van der Waals surface area contributed by atoms with Gasteiger partial charge in [0, 0.05) is 39.2 Å². The van der Waals surface area contributed by atoms with Gasteiger partial charge in [-0.15, -0.1) is 35.3 Å². The molecule has 0 aliphatic heterocycles. The fourth-order valence-corrected chi connectivity index (χ4v) is 4.06. The van der Waals surface area contributed by atoms with Gasteiger partial charge in [-0.1, -0.05) is 24.3 Å². The van der Waals surface area contributed by atoms with Crippen LogP contribution in [0, 0.1) is 6.92 Å². The Morgan fingerprint density at radius 1 is 1.13 bits per heavy atom. The van der Waals surface area contributed by atoms with Crippen LogP contribution in [-0.2, 0) is 17.7 Å². The second-order valence-corrected chi connectivity index (χ2v) is 8.10. The Bertz CT molecular complexity index is 944. The molecule has 31 heavy (non-hydrogen) atoms. The maximum atomic E-state index is 5.87. The zero-order valence-corrected chi connectivity index (χ0v) is 21.5. The number of guanidine groups is 1. The van der Waals surface area contributed by atoms with Gasteiger partial charge in [0.25, 0.3) is 0 Å². The molecule has 0 fully saturated rings. The molecule has 8 heteroatoms. The highest BCUT2D eigenvalue weighted by Crippen LogP contribution is 2.22. The van der Waals surface area contributed by atoms with Crippen molar-refractivity contribution in [3.05, 3.63) is 58.6 Å². The quantitative estimate of drug-likeness (QED) is 0.167. The van der Waals surface area contributed by atoms with Gasteiger partial charge < -0.3 is 20.1 Å². The summed E-state index contributed by atoms with van der Waals surface area (Å²) in [5.41, 5.74) is 3.35. The number of benzene rings is 2. The predicted octanol–water partition coefficient (Wildman–Crippen LogP) is 4.55. The molecule has 2 N–H and O–H groups in total. The monoisotopic (exact) mass is 554 g/mol. The highest BCUT2D eigenvalue weighted by atomic mass is 127. The first kappa shape index (κ1) is 25.4. The van der Waals surface area contributed by atoms with Gasteiger partial charge in [0.1, 0.15) is 12.4 Å². The highest BCUT2D eigenvalue weighted by molar-refractivity contribution is 14.0. The van der Waals surface area contributed by atoms with Crippen molar-refractivity contribution in [2.45, 2.75) is 26.3 Å². The van der Waals surface area contributed by atoms with E-state index in [2.05, 4.69) is 58.9 Å². The number of methoxy groups -OCH3 is 1. The number of aliphatic imine (C=N–C) groups is 1. The summed E-state index contributed by atoms with van der Waals surface area (Å²) in [7, 11) is 3.46. The maximum absolute atomic E-state index is 5.87. The molecule has 0 bridgehead atoms. The molecule has 0 amide bonds. The van der Waals surface area contributed by atoms with Crippen LogP contribution in [0.5, 0.6) is 5.75 Å². The fourth-order valence-electron chi connectivity index (χ4n) is 3.05. The molecule has 0 atom stereocenters. The minimum Gasteiger partial charge on any atom is -0.491 e. The van der Waals surface area contributed by atoms with E-state index in [0.717, 1.165) is 42.2 Å². The summed E-state index contributed by atoms with van der Waals surface area (Å²) in [4.78, 5) is 9.02. The van der Waals surface area contributed by atoms with E-state index >= 15 is 0 Å². The van der Waals surface area contributed by atoms with Gasteiger partial charge >= 0.3 is 0 Å². The number of para-hydroxylation sites is 1. The normalized spacial score (nSPS) is 11.3. The van der Waals surface area contributed by atoms with Crippen molar-refractivity contribution in [3.8, 4) is 5.75 Å². The average Bonchev–Trinajstić information content (AvgIpc) is 3.17. The summed E-state index contributed by atoms with van der Waals surface area (Å²) in [5.74, 6) is 1.66. The van der Waals surface area contributed by atoms with Crippen molar-refractivity contribution < 1.29 is 9.47 Å². The van der Waals surface area contributed by atoms with Crippen LogP contribution in [0.15, 0.2) is 47.5 Å². The van der Waals surface area contributed by atoms with Crippen molar-refractivity contribution in [1.82, 2.24) is 15.6 Å². The van der Waals surface area contributed by atoms with Crippen LogP contribution in [-0.4, -0.2) is 44.9 Å². The van der Waals surface area contributed by atoms with Crippen LogP contribution in [0.1, 0.15) is 22.6 Å². The molecule has 3 rings (SSSR count). The zero-order chi connectivity index (χ0) is 21.2. The molecular formula is C23H31IN4O2S. The summed E-state index contributed by atoms with van der Waals surface area (Å²) in [5, 5.41) is 7.93. The van der Waals surface area contributed by atoms with Crippen LogP contribution in [0.25, 0.3) is 10.2 Å². The standard InChI is InChI=1S/C23H30N4O2S.HI/c1-17-10-11-18(20(15-17)29-14-13-28-3)16-26-23(24-2)25-12-6-9-22-27-19-7-4-5-8-21(19)30-22;/h4-5,7-8,10-11,15H,6,9,12-14,16H2,1-3H3,(H2,24,25,26);1H. The lowest BCUT2D eigenvalue weighted by Gasteiger charge is -2.15. The third-order valence-corrected chi connectivity index (χ3v) is 5.73. The van der Waals surface area contributed by atoms with Gasteiger partial charge in [-0.3, -0.25) is 4.99 Å². The second kappa shape index (κ2) is 13.5. The number of hydrogen-bond donors (Lipinski definition) is 2. The van der Waals surface area contributed by atoms with E-state index in [1.165, 1.54) is 15.3 Å². The lowest BCUT2D eigenvalue weighted by molar-refractivity contribution is 0.145. The van der Waals surface area contributed by atoms with Crippen LogP contribution in [0.2, 0.25) is 0 Å². The molecular weight excluding hydrogens is 523 g/mol. The summed E-state index contributed by atoms with van der Waals surface area (Å²) in [6.45, 7) is 4.64. The Labute approximate surface area is 205 Å². The minimum absolute atomic E-state index is 0. The van der Waals surface area contributed by atoms with Gasteiger partial charge in [0.05, 0.1) is 21.8 Å². The third kappa shape index (κ3) is 7.93. The summed E-state index contributed by atoms with van der Waals surface area (Å²) in [6, 6.07) is 14.5. The van der Waals surface area contributed by atoms with Crippen molar-refractivity contribution in [1.29, 1.82) is 0 Å². The molecule has 0 aliphatic carbocycles. The summed E-state index contributed by atoms with van der Waals surface area (Å²) in [6.07, 6.45) is 1.95. The molecule has 168 valence electrons.